The van der Waals surface area contributed by atoms with E-state index in [1.165, 1.54) is 37.5 Å². The molecule has 0 saturated heterocycles. The molecule has 10 nitrogen and oxygen atoms in total. The Labute approximate surface area is 230 Å². The highest BCUT2D eigenvalue weighted by Crippen LogP contribution is 2.38. The number of nitrogens with zero attached hydrogens (tertiary/aromatic N) is 2. The summed E-state index contributed by atoms with van der Waals surface area (Å²) in [6.45, 7) is 1.97. The van der Waals surface area contributed by atoms with E-state index < -0.39 is 22.5 Å². The predicted octanol–water partition coefficient (Wildman–Crippen LogP) is 6.18. The van der Waals surface area contributed by atoms with Crippen LogP contribution in [0, 0.1) is 21.4 Å². The van der Waals surface area contributed by atoms with E-state index in [4.69, 9.17) is 25.8 Å². The standard InChI is InChI=1S/C26H19BrClN3O7/c1-3-37-23-12-15(11-20(27)24(23)38-26(33)16-4-7-19(36-2)8-5-16)10-17(14-29)25(32)30-21-9-6-18(28)13-22(21)31(34)35/h4-13H,3H2,1-2H3,(H,30,32)/b17-10-. The minimum absolute atomic E-state index is 0.101. The number of nitriles is 1. The van der Waals surface area contributed by atoms with Gasteiger partial charge in [-0.2, -0.15) is 5.26 Å². The number of ether oxygens (including phenoxy) is 3. The number of halogens is 2. The third-order valence-corrected chi connectivity index (χ3v) is 5.76. The van der Waals surface area contributed by atoms with Crippen LogP contribution in [0.3, 0.4) is 0 Å². The molecule has 0 aliphatic carbocycles. The summed E-state index contributed by atoms with van der Waals surface area (Å²) < 4.78 is 16.6. The van der Waals surface area contributed by atoms with Crippen molar-refractivity contribution in [1.82, 2.24) is 0 Å². The van der Waals surface area contributed by atoms with Crippen LogP contribution in [0.25, 0.3) is 6.08 Å². The lowest BCUT2D eigenvalue weighted by atomic mass is 10.1. The first-order valence-electron chi connectivity index (χ1n) is 10.9. The number of benzene rings is 3. The van der Waals surface area contributed by atoms with Crippen molar-refractivity contribution in [1.29, 1.82) is 5.26 Å². The molecular weight excluding hydrogens is 582 g/mol. The molecule has 1 N–H and O–H groups in total. The van der Waals surface area contributed by atoms with Crippen molar-refractivity contribution in [3.05, 3.63) is 90.9 Å². The summed E-state index contributed by atoms with van der Waals surface area (Å²) in [5.41, 5.74) is -0.243. The first-order chi connectivity index (χ1) is 18.2. The topological polar surface area (TPSA) is 141 Å². The zero-order valence-corrected chi connectivity index (χ0v) is 22.3. The number of esters is 1. The molecule has 0 radical (unpaired) electrons. The Bertz CT molecular complexity index is 1470. The zero-order chi connectivity index (χ0) is 27.8. The lowest BCUT2D eigenvalue weighted by Crippen LogP contribution is -2.14. The van der Waals surface area contributed by atoms with Gasteiger partial charge >= 0.3 is 5.97 Å². The first-order valence-corrected chi connectivity index (χ1v) is 12.0. The monoisotopic (exact) mass is 599 g/mol. The van der Waals surface area contributed by atoms with Gasteiger partial charge in [-0.1, -0.05) is 11.6 Å². The number of anilines is 1. The summed E-state index contributed by atoms with van der Waals surface area (Å²) >= 11 is 9.16. The summed E-state index contributed by atoms with van der Waals surface area (Å²) in [6.07, 6.45) is 1.26. The maximum Gasteiger partial charge on any atom is 0.343 e. The van der Waals surface area contributed by atoms with Gasteiger partial charge in [0.05, 0.1) is 28.7 Å². The van der Waals surface area contributed by atoms with Gasteiger partial charge in [0.1, 0.15) is 23.1 Å². The Morgan fingerprint density at radius 1 is 1.18 bits per heavy atom. The number of methoxy groups -OCH3 is 1. The van der Waals surface area contributed by atoms with Crippen LogP contribution in [0.5, 0.6) is 17.2 Å². The van der Waals surface area contributed by atoms with Gasteiger partial charge < -0.3 is 19.5 Å². The SMILES string of the molecule is CCOc1cc(/C=C(/C#N)C(=O)Nc2ccc(Cl)cc2[N+](=O)[O-])cc(Br)c1OC(=O)c1ccc(OC)cc1. The van der Waals surface area contributed by atoms with Gasteiger partial charge in [0.25, 0.3) is 11.6 Å². The second kappa shape index (κ2) is 12.7. The van der Waals surface area contributed by atoms with Crippen molar-refractivity contribution in [3.8, 4) is 23.3 Å². The molecule has 3 rings (SSSR count). The van der Waals surface area contributed by atoms with E-state index in [-0.39, 0.29) is 40.0 Å². The molecule has 38 heavy (non-hydrogen) atoms. The van der Waals surface area contributed by atoms with E-state index in [1.54, 1.807) is 37.3 Å². The van der Waals surface area contributed by atoms with Gasteiger partial charge in [0.2, 0.25) is 0 Å². The van der Waals surface area contributed by atoms with Crippen molar-refractivity contribution in [2.24, 2.45) is 0 Å². The average Bonchev–Trinajstić information content (AvgIpc) is 2.90. The molecule has 12 heteroatoms. The second-order valence-electron chi connectivity index (χ2n) is 7.42. The Morgan fingerprint density at radius 3 is 2.50 bits per heavy atom. The van der Waals surface area contributed by atoms with E-state index >= 15 is 0 Å². The molecule has 0 aliphatic rings. The molecule has 3 aromatic carbocycles. The van der Waals surface area contributed by atoms with Crippen LogP contribution >= 0.6 is 27.5 Å². The molecule has 0 atom stereocenters. The summed E-state index contributed by atoms with van der Waals surface area (Å²) in [5.74, 6) is -0.649. The van der Waals surface area contributed by atoms with Gasteiger partial charge in [-0.15, -0.1) is 0 Å². The molecule has 0 fully saturated rings. The van der Waals surface area contributed by atoms with Crippen LogP contribution in [0.2, 0.25) is 5.02 Å². The van der Waals surface area contributed by atoms with Crippen LogP contribution in [0.1, 0.15) is 22.8 Å². The fraction of sp³-hybridized carbons (Fsp3) is 0.115. The second-order valence-corrected chi connectivity index (χ2v) is 8.71. The smallest absolute Gasteiger partial charge is 0.343 e. The van der Waals surface area contributed by atoms with E-state index in [9.17, 15) is 25.0 Å². The van der Waals surface area contributed by atoms with E-state index in [0.717, 1.165) is 6.07 Å². The number of nitro groups is 1. The zero-order valence-electron chi connectivity index (χ0n) is 20.0. The Morgan fingerprint density at radius 2 is 1.89 bits per heavy atom. The molecule has 1 amide bonds. The van der Waals surface area contributed by atoms with Gasteiger partial charge in [-0.25, -0.2) is 4.79 Å². The van der Waals surface area contributed by atoms with Crippen molar-refractivity contribution in [3.63, 3.8) is 0 Å². The van der Waals surface area contributed by atoms with Crippen LogP contribution < -0.4 is 19.5 Å². The van der Waals surface area contributed by atoms with Gasteiger partial charge in [0, 0.05) is 11.1 Å². The summed E-state index contributed by atoms with van der Waals surface area (Å²) in [4.78, 5) is 36.0. The summed E-state index contributed by atoms with van der Waals surface area (Å²) in [6, 6.07) is 14.9. The fourth-order valence-electron chi connectivity index (χ4n) is 3.18. The highest BCUT2D eigenvalue weighted by atomic mass is 79.9. The number of rotatable bonds is 9. The molecule has 0 saturated carbocycles. The largest absolute Gasteiger partial charge is 0.497 e. The fourth-order valence-corrected chi connectivity index (χ4v) is 3.89. The third kappa shape index (κ3) is 6.88. The lowest BCUT2D eigenvalue weighted by molar-refractivity contribution is -0.383. The van der Waals surface area contributed by atoms with Crippen molar-refractivity contribution in [2.75, 3.05) is 19.0 Å². The Hall–Kier alpha value is -4.40. The minimum Gasteiger partial charge on any atom is -0.497 e. The molecular formula is C26H19BrClN3O7. The van der Waals surface area contributed by atoms with Crippen molar-refractivity contribution in [2.45, 2.75) is 6.92 Å². The molecule has 0 aromatic heterocycles. The molecule has 0 heterocycles. The molecule has 3 aromatic rings. The van der Waals surface area contributed by atoms with Gasteiger partial charge in [0.15, 0.2) is 11.5 Å². The molecule has 194 valence electrons. The summed E-state index contributed by atoms with van der Waals surface area (Å²) in [5, 5.41) is 23.4. The number of carbonyl (C=O) groups is 2. The van der Waals surface area contributed by atoms with Crippen LogP contribution in [-0.4, -0.2) is 30.5 Å². The van der Waals surface area contributed by atoms with E-state index in [1.807, 2.05) is 0 Å². The van der Waals surface area contributed by atoms with E-state index in [0.29, 0.717) is 15.8 Å². The highest BCUT2D eigenvalue weighted by molar-refractivity contribution is 9.10. The Kier molecular flexibility index (Phi) is 9.43. The normalized spacial score (nSPS) is 10.8. The Balaban J connectivity index is 1.90. The number of hydrogen-bond donors (Lipinski definition) is 1. The first kappa shape index (κ1) is 28.2. The number of nitro benzene ring substituents is 1. The van der Waals surface area contributed by atoms with E-state index in [2.05, 4.69) is 21.2 Å². The maximum absolute atomic E-state index is 12.7. The van der Waals surface area contributed by atoms with Crippen LogP contribution in [0.4, 0.5) is 11.4 Å². The molecule has 0 bridgehead atoms. The van der Waals surface area contributed by atoms with Crippen LogP contribution in [-0.2, 0) is 4.79 Å². The molecule has 0 spiro atoms. The third-order valence-electron chi connectivity index (χ3n) is 4.93. The highest BCUT2D eigenvalue weighted by Gasteiger charge is 2.20. The number of nitrogens with one attached hydrogen (secondary N) is 1. The molecule has 0 unspecified atom stereocenters. The number of amides is 1. The van der Waals surface area contributed by atoms with Crippen LogP contribution in [0.15, 0.2) is 64.6 Å². The van der Waals surface area contributed by atoms with Gasteiger partial charge in [-0.3, -0.25) is 14.9 Å². The minimum atomic E-state index is -0.873. The predicted molar refractivity (Wildman–Crippen MR) is 144 cm³/mol. The molecule has 0 aliphatic heterocycles. The van der Waals surface area contributed by atoms with Crippen molar-refractivity contribution >= 4 is 56.9 Å². The number of carbonyl (C=O) groups excluding carboxylic acids is 2. The van der Waals surface area contributed by atoms with Crippen molar-refractivity contribution < 1.29 is 28.7 Å². The number of hydrogen-bond acceptors (Lipinski definition) is 8. The lowest BCUT2D eigenvalue weighted by Gasteiger charge is -2.14. The summed E-state index contributed by atoms with van der Waals surface area (Å²) in [7, 11) is 1.51. The van der Waals surface area contributed by atoms with Gasteiger partial charge in [-0.05, 0) is 83.0 Å². The maximum atomic E-state index is 12.7. The quantitative estimate of drug-likeness (QED) is 0.0766. The average molecular weight is 601 g/mol.